The molecule has 1 aromatic rings. The predicted octanol–water partition coefficient (Wildman–Crippen LogP) is 3.66. The van der Waals surface area contributed by atoms with Crippen molar-refractivity contribution in [2.45, 2.75) is 20.3 Å². The molecule has 0 heterocycles. The molecule has 0 saturated heterocycles. The van der Waals surface area contributed by atoms with Crippen molar-refractivity contribution in [1.82, 2.24) is 0 Å². The van der Waals surface area contributed by atoms with E-state index in [1.54, 1.807) is 0 Å². The van der Waals surface area contributed by atoms with E-state index >= 15 is 0 Å². The van der Waals surface area contributed by atoms with Crippen molar-refractivity contribution in [3.63, 3.8) is 0 Å². The highest BCUT2D eigenvalue weighted by molar-refractivity contribution is 9.11. The van der Waals surface area contributed by atoms with Crippen LogP contribution in [-0.2, 0) is 0 Å². The topological polar surface area (TPSA) is 50.4 Å². The van der Waals surface area contributed by atoms with Gasteiger partial charge in [0.15, 0.2) is 5.96 Å². The SMILES string of the molecule is CCCN=C(N)Nc1c(Br)cc(C)cc1Br. The van der Waals surface area contributed by atoms with Gasteiger partial charge in [-0.2, -0.15) is 0 Å². The average Bonchev–Trinajstić information content (AvgIpc) is 2.20. The molecule has 0 fully saturated rings. The van der Waals surface area contributed by atoms with Crippen LogP contribution in [0.1, 0.15) is 18.9 Å². The van der Waals surface area contributed by atoms with E-state index in [9.17, 15) is 0 Å². The number of aryl methyl sites for hydroxylation is 1. The zero-order valence-corrected chi connectivity index (χ0v) is 12.5. The summed E-state index contributed by atoms with van der Waals surface area (Å²) in [5, 5.41) is 3.07. The smallest absolute Gasteiger partial charge is 0.193 e. The molecule has 1 rings (SSSR count). The number of rotatable bonds is 3. The quantitative estimate of drug-likeness (QED) is 0.647. The Kier molecular flexibility index (Phi) is 5.28. The lowest BCUT2D eigenvalue weighted by atomic mass is 10.2. The molecule has 0 aliphatic carbocycles. The molecule has 5 heteroatoms. The summed E-state index contributed by atoms with van der Waals surface area (Å²) in [6.07, 6.45) is 0.985. The summed E-state index contributed by atoms with van der Waals surface area (Å²) in [7, 11) is 0. The molecule has 16 heavy (non-hydrogen) atoms. The fraction of sp³-hybridized carbons (Fsp3) is 0.364. The maximum atomic E-state index is 5.76. The van der Waals surface area contributed by atoms with Crippen molar-refractivity contribution in [2.75, 3.05) is 11.9 Å². The molecule has 0 aliphatic heterocycles. The predicted molar refractivity (Wildman–Crippen MR) is 77.0 cm³/mol. The number of hydrogen-bond acceptors (Lipinski definition) is 1. The van der Waals surface area contributed by atoms with Crippen molar-refractivity contribution >= 4 is 43.5 Å². The van der Waals surface area contributed by atoms with Gasteiger partial charge in [-0.05, 0) is 62.9 Å². The number of nitrogens with two attached hydrogens (primary N) is 1. The van der Waals surface area contributed by atoms with E-state index in [1.165, 1.54) is 5.56 Å². The van der Waals surface area contributed by atoms with Gasteiger partial charge in [0, 0.05) is 15.5 Å². The van der Waals surface area contributed by atoms with Crippen LogP contribution >= 0.6 is 31.9 Å². The maximum absolute atomic E-state index is 5.76. The monoisotopic (exact) mass is 347 g/mol. The third-order valence-electron chi connectivity index (χ3n) is 1.95. The number of hydrogen-bond donors (Lipinski definition) is 2. The maximum Gasteiger partial charge on any atom is 0.193 e. The van der Waals surface area contributed by atoms with Crippen LogP contribution in [0.25, 0.3) is 0 Å². The molecule has 0 radical (unpaired) electrons. The van der Waals surface area contributed by atoms with Crippen LogP contribution in [0, 0.1) is 6.92 Å². The number of nitrogens with one attached hydrogen (secondary N) is 1. The van der Waals surface area contributed by atoms with Crippen LogP contribution in [0.2, 0.25) is 0 Å². The second kappa shape index (κ2) is 6.25. The van der Waals surface area contributed by atoms with Gasteiger partial charge in [0.25, 0.3) is 0 Å². The molecule has 0 saturated carbocycles. The van der Waals surface area contributed by atoms with Gasteiger partial charge >= 0.3 is 0 Å². The summed E-state index contributed by atoms with van der Waals surface area (Å²) < 4.78 is 1.93. The minimum atomic E-state index is 0.437. The minimum Gasteiger partial charge on any atom is -0.370 e. The number of aliphatic imine (C=N–C) groups is 1. The van der Waals surface area contributed by atoms with Gasteiger partial charge in [0.1, 0.15) is 0 Å². The fourth-order valence-electron chi connectivity index (χ4n) is 1.22. The zero-order chi connectivity index (χ0) is 12.1. The van der Waals surface area contributed by atoms with E-state index in [1.807, 2.05) is 19.1 Å². The van der Waals surface area contributed by atoms with E-state index in [0.29, 0.717) is 5.96 Å². The second-order valence-electron chi connectivity index (χ2n) is 3.50. The number of nitrogens with zero attached hydrogens (tertiary/aromatic N) is 1. The molecule has 0 amide bonds. The standard InChI is InChI=1S/C11H15Br2N3/c1-3-4-15-11(14)16-10-8(12)5-7(2)6-9(10)13/h5-6H,3-4H2,1-2H3,(H3,14,15,16). The van der Waals surface area contributed by atoms with Crippen LogP contribution in [0.15, 0.2) is 26.1 Å². The molecule has 3 N–H and O–H groups in total. The molecule has 0 spiro atoms. The lowest BCUT2D eigenvalue weighted by Crippen LogP contribution is -2.23. The summed E-state index contributed by atoms with van der Waals surface area (Å²) in [4.78, 5) is 4.18. The van der Waals surface area contributed by atoms with Crippen molar-refractivity contribution in [3.05, 3.63) is 26.6 Å². The highest BCUT2D eigenvalue weighted by atomic mass is 79.9. The molecule has 3 nitrogen and oxygen atoms in total. The van der Waals surface area contributed by atoms with Gasteiger partial charge in [-0.15, -0.1) is 0 Å². The normalized spacial score (nSPS) is 11.6. The molecule has 0 aliphatic rings. The third-order valence-corrected chi connectivity index (χ3v) is 3.20. The van der Waals surface area contributed by atoms with E-state index in [4.69, 9.17) is 5.73 Å². The Hall–Kier alpha value is -0.550. The van der Waals surface area contributed by atoms with E-state index in [2.05, 4.69) is 49.1 Å². The van der Waals surface area contributed by atoms with Crippen LogP contribution < -0.4 is 11.1 Å². The Balaban J connectivity index is 2.89. The summed E-state index contributed by atoms with van der Waals surface area (Å²) >= 11 is 6.98. The average molecular weight is 349 g/mol. The molecule has 0 bridgehead atoms. The first-order chi connectivity index (χ1) is 7.54. The summed E-state index contributed by atoms with van der Waals surface area (Å²) in [6.45, 7) is 4.84. The molecule has 1 aromatic carbocycles. The second-order valence-corrected chi connectivity index (χ2v) is 5.20. The number of anilines is 1. The van der Waals surface area contributed by atoms with Crippen LogP contribution in [0.5, 0.6) is 0 Å². The first-order valence-electron chi connectivity index (χ1n) is 5.07. The van der Waals surface area contributed by atoms with Gasteiger partial charge in [-0.3, -0.25) is 4.99 Å². The minimum absolute atomic E-state index is 0.437. The summed E-state index contributed by atoms with van der Waals surface area (Å²) in [5.74, 6) is 0.437. The molecule has 88 valence electrons. The lowest BCUT2D eigenvalue weighted by molar-refractivity contribution is 0.929. The van der Waals surface area contributed by atoms with Gasteiger partial charge in [0.2, 0.25) is 0 Å². The van der Waals surface area contributed by atoms with E-state index in [-0.39, 0.29) is 0 Å². The number of benzene rings is 1. The molecular formula is C11H15Br2N3. The van der Waals surface area contributed by atoms with Crippen molar-refractivity contribution in [1.29, 1.82) is 0 Å². The Morgan fingerprint density at radius 1 is 1.38 bits per heavy atom. The van der Waals surface area contributed by atoms with Crippen molar-refractivity contribution in [3.8, 4) is 0 Å². The van der Waals surface area contributed by atoms with Gasteiger partial charge in [-0.25, -0.2) is 0 Å². The largest absolute Gasteiger partial charge is 0.370 e. The number of halogens is 2. The Bertz CT molecular complexity index is 379. The van der Waals surface area contributed by atoms with Gasteiger partial charge < -0.3 is 11.1 Å². The van der Waals surface area contributed by atoms with E-state index in [0.717, 1.165) is 27.6 Å². The fourth-order valence-corrected chi connectivity index (χ4v) is 2.83. The van der Waals surface area contributed by atoms with Crippen LogP contribution in [0.3, 0.4) is 0 Å². The first-order valence-corrected chi connectivity index (χ1v) is 6.65. The van der Waals surface area contributed by atoms with Crippen LogP contribution in [-0.4, -0.2) is 12.5 Å². The molecule has 0 atom stereocenters. The molecule has 0 aromatic heterocycles. The van der Waals surface area contributed by atoms with Gasteiger partial charge in [-0.1, -0.05) is 6.92 Å². The zero-order valence-electron chi connectivity index (χ0n) is 9.35. The van der Waals surface area contributed by atoms with Gasteiger partial charge in [0.05, 0.1) is 5.69 Å². The first kappa shape index (κ1) is 13.5. The highest BCUT2D eigenvalue weighted by Gasteiger charge is 2.06. The third kappa shape index (κ3) is 3.79. The Morgan fingerprint density at radius 3 is 2.44 bits per heavy atom. The Morgan fingerprint density at radius 2 is 1.94 bits per heavy atom. The van der Waals surface area contributed by atoms with Crippen LogP contribution in [0.4, 0.5) is 5.69 Å². The van der Waals surface area contributed by atoms with Crippen molar-refractivity contribution in [2.24, 2.45) is 10.7 Å². The number of guanidine groups is 1. The molecule has 0 unspecified atom stereocenters. The Labute approximate surface area is 113 Å². The highest BCUT2D eigenvalue weighted by Crippen LogP contribution is 2.32. The lowest BCUT2D eigenvalue weighted by Gasteiger charge is -2.11. The summed E-state index contributed by atoms with van der Waals surface area (Å²) in [6, 6.07) is 4.06. The van der Waals surface area contributed by atoms with Crippen molar-refractivity contribution < 1.29 is 0 Å². The molecular weight excluding hydrogens is 334 g/mol. The van der Waals surface area contributed by atoms with E-state index < -0.39 is 0 Å². The summed E-state index contributed by atoms with van der Waals surface area (Å²) in [5.41, 5.74) is 7.84.